The van der Waals surface area contributed by atoms with Gasteiger partial charge in [-0.3, -0.25) is 0 Å². The van der Waals surface area contributed by atoms with E-state index >= 15 is 0 Å². The number of aromatic nitrogens is 2. The van der Waals surface area contributed by atoms with E-state index < -0.39 is 8.07 Å². The number of benzene rings is 10. The maximum absolute atomic E-state index is 2.86. The lowest BCUT2D eigenvalue weighted by atomic mass is 9.99. The topological polar surface area (TPSA) is 9.86 Å². The molecule has 3 heteroatoms. The van der Waals surface area contributed by atoms with Crippen LogP contribution in [0.3, 0.4) is 0 Å². The summed E-state index contributed by atoms with van der Waals surface area (Å²) in [5.74, 6) is 0. The van der Waals surface area contributed by atoms with Crippen molar-refractivity contribution in [1.29, 1.82) is 0 Å². The summed E-state index contributed by atoms with van der Waals surface area (Å²) >= 11 is 0. The van der Waals surface area contributed by atoms with Crippen molar-refractivity contribution in [3.8, 4) is 33.6 Å². The summed E-state index contributed by atoms with van der Waals surface area (Å²) in [5, 5.41) is 10.4. The summed E-state index contributed by atoms with van der Waals surface area (Å²) in [5.41, 5.74) is 11.9. The highest BCUT2D eigenvalue weighted by Gasteiger charge is 2.41. The van der Waals surface area contributed by atoms with Gasteiger partial charge in [0.1, 0.15) is 0 Å². The van der Waals surface area contributed by atoms with Gasteiger partial charge in [-0.2, -0.15) is 0 Å². The van der Waals surface area contributed by atoms with Gasteiger partial charge in [-0.1, -0.05) is 218 Å². The Morgan fingerprint density at radius 2 is 0.683 bits per heavy atom. The van der Waals surface area contributed by atoms with E-state index in [-0.39, 0.29) is 0 Å². The number of nitrogens with zero attached hydrogens (tertiary/aromatic N) is 2. The SMILES string of the molecule is c1ccc(-c2ccccc2-n2c3ccccc3c3c(-n4c5cc([Si](c6ccccc6)(c6ccccc6)c6ccccc6)ccc5c5c(-c6ccccc6)cccc54)cccc32)cc1. The third-order valence-corrected chi connectivity index (χ3v) is 17.9. The molecule has 63 heavy (non-hydrogen) atoms. The number of hydrogen-bond acceptors (Lipinski definition) is 0. The molecule has 10 aromatic carbocycles. The van der Waals surface area contributed by atoms with Crippen LogP contribution in [0.15, 0.2) is 255 Å². The van der Waals surface area contributed by atoms with Gasteiger partial charge in [-0.05, 0) is 73.8 Å². The molecule has 0 radical (unpaired) electrons. The number of para-hydroxylation sites is 2. The zero-order valence-electron chi connectivity index (χ0n) is 34.6. The Balaban J connectivity index is 1.23. The monoisotopic (exact) mass is 818 g/mol. The molecule has 0 N–H and O–H groups in total. The average Bonchev–Trinajstić information content (AvgIpc) is 3.89. The van der Waals surface area contributed by atoms with E-state index in [0.29, 0.717) is 0 Å². The molecule has 0 aliphatic heterocycles. The summed E-state index contributed by atoms with van der Waals surface area (Å²) in [7, 11) is -2.86. The van der Waals surface area contributed by atoms with Gasteiger partial charge in [-0.15, -0.1) is 0 Å². The Bertz CT molecular complexity index is 3500. The molecule has 0 saturated carbocycles. The van der Waals surface area contributed by atoms with E-state index in [1.165, 1.54) is 86.6 Å². The van der Waals surface area contributed by atoms with Gasteiger partial charge in [0, 0.05) is 27.1 Å². The molecule has 2 heterocycles. The molecule has 0 bridgehead atoms. The van der Waals surface area contributed by atoms with Crippen molar-refractivity contribution < 1.29 is 0 Å². The molecular formula is C60H42N2Si. The third kappa shape index (κ3) is 5.78. The zero-order valence-corrected chi connectivity index (χ0v) is 35.6. The number of rotatable bonds is 8. The molecule has 0 aliphatic rings. The second kappa shape index (κ2) is 15.2. The van der Waals surface area contributed by atoms with Crippen LogP contribution in [-0.4, -0.2) is 17.2 Å². The van der Waals surface area contributed by atoms with Gasteiger partial charge in [0.25, 0.3) is 0 Å². The molecule has 12 aromatic rings. The van der Waals surface area contributed by atoms with Crippen molar-refractivity contribution in [2.75, 3.05) is 0 Å². The summed E-state index contributed by atoms with van der Waals surface area (Å²) in [6.45, 7) is 0. The summed E-state index contributed by atoms with van der Waals surface area (Å²) in [4.78, 5) is 0. The van der Waals surface area contributed by atoms with Crippen LogP contribution in [-0.2, 0) is 0 Å². The van der Waals surface area contributed by atoms with Crippen LogP contribution in [0.1, 0.15) is 0 Å². The maximum atomic E-state index is 2.57. The lowest BCUT2D eigenvalue weighted by molar-refractivity contribution is 1.17. The van der Waals surface area contributed by atoms with Crippen molar-refractivity contribution in [3.05, 3.63) is 255 Å². The highest BCUT2D eigenvalue weighted by atomic mass is 28.3. The molecule has 12 rings (SSSR count). The molecule has 0 atom stereocenters. The molecule has 0 saturated heterocycles. The number of hydrogen-bond donors (Lipinski definition) is 0. The molecule has 0 fully saturated rings. The van der Waals surface area contributed by atoms with Crippen LogP contribution >= 0.6 is 0 Å². The normalized spacial score (nSPS) is 11.8. The second-order valence-electron chi connectivity index (χ2n) is 16.4. The summed E-state index contributed by atoms with van der Waals surface area (Å²) in [6.07, 6.45) is 0. The first kappa shape index (κ1) is 36.8. The Hall–Kier alpha value is -7.98. The average molecular weight is 819 g/mol. The summed E-state index contributed by atoms with van der Waals surface area (Å²) in [6, 6.07) is 94.3. The van der Waals surface area contributed by atoms with Crippen molar-refractivity contribution in [1.82, 2.24) is 9.13 Å². The minimum absolute atomic E-state index is 1.16. The van der Waals surface area contributed by atoms with Crippen LogP contribution in [0.2, 0.25) is 0 Å². The first-order valence-electron chi connectivity index (χ1n) is 21.8. The van der Waals surface area contributed by atoms with Crippen molar-refractivity contribution in [2.45, 2.75) is 0 Å². The highest BCUT2D eigenvalue weighted by Crippen LogP contribution is 2.43. The lowest BCUT2D eigenvalue weighted by Gasteiger charge is -2.34. The molecule has 296 valence electrons. The fourth-order valence-electron chi connectivity index (χ4n) is 10.5. The van der Waals surface area contributed by atoms with Crippen molar-refractivity contribution in [2.24, 2.45) is 0 Å². The Morgan fingerprint density at radius 1 is 0.254 bits per heavy atom. The van der Waals surface area contributed by atoms with E-state index in [0.717, 1.165) is 11.4 Å². The van der Waals surface area contributed by atoms with Crippen molar-refractivity contribution in [3.63, 3.8) is 0 Å². The van der Waals surface area contributed by atoms with Gasteiger partial charge in [0.15, 0.2) is 8.07 Å². The third-order valence-electron chi connectivity index (χ3n) is 13.1. The van der Waals surface area contributed by atoms with Crippen LogP contribution in [0.25, 0.3) is 77.2 Å². The van der Waals surface area contributed by atoms with Crippen molar-refractivity contribution >= 4 is 72.4 Å². The minimum Gasteiger partial charge on any atom is -0.309 e. The predicted molar refractivity (Wildman–Crippen MR) is 270 cm³/mol. The molecule has 2 nitrogen and oxygen atoms in total. The maximum Gasteiger partial charge on any atom is 0.179 e. The predicted octanol–water partition coefficient (Wildman–Crippen LogP) is 12.6. The zero-order chi connectivity index (χ0) is 41.7. The molecule has 0 spiro atoms. The van der Waals surface area contributed by atoms with Crippen LogP contribution in [0.4, 0.5) is 0 Å². The van der Waals surface area contributed by atoms with Crippen LogP contribution in [0, 0.1) is 0 Å². The fourth-order valence-corrected chi connectivity index (χ4v) is 15.2. The Labute approximate surface area is 368 Å². The van der Waals surface area contributed by atoms with Crippen LogP contribution < -0.4 is 20.7 Å². The molecular weight excluding hydrogens is 777 g/mol. The minimum atomic E-state index is -2.86. The van der Waals surface area contributed by atoms with Gasteiger partial charge in [-0.25, -0.2) is 0 Å². The second-order valence-corrected chi connectivity index (χ2v) is 20.2. The summed E-state index contributed by atoms with van der Waals surface area (Å²) < 4.78 is 5.05. The van der Waals surface area contributed by atoms with Gasteiger partial charge in [0.05, 0.1) is 33.4 Å². The van der Waals surface area contributed by atoms with E-state index in [2.05, 4.69) is 264 Å². The van der Waals surface area contributed by atoms with E-state index in [1.807, 2.05) is 0 Å². The first-order valence-corrected chi connectivity index (χ1v) is 23.8. The van der Waals surface area contributed by atoms with E-state index in [1.54, 1.807) is 0 Å². The van der Waals surface area contributed by atoms with E-state index in [9.17, 15) is 0 Å². The van der Waals surface area contributed by atoms with Gasteiger partial charge >= 0.3 is 0 Å². The molecule has 0 aliphatic carbocycles. The van der Waals surface area contributed by atoms with Crippen LogP contribution in [0.5, 0.6) is 0 Å². The number of fused-ring (bicyclic) bond motifs is 6. The molecule has 0 unspecified atom stereocenters. The largest absolute Gasteiger partial charge is 0.309 e. The lowest BCUT2D eigenvalue weighted by Crippen LogP contribution is -2.74. The smallest absolute Gasteiger partial charge is 0.179 e. The van der Waals surface area contributed by atoms with E-state index in [4.69, 9.17) is 0 Å². The highest BCUT2D eigenvalue weighted by molar-refractivity contribution is 7.20. The Kier molecular flexibility index (Phi) is 8.87. The van der Waals surface area contributed by atoms with Gasteiger partial charge < -0.3 is 9.13 Å². The first-order chi connectivity index (χ1) is 31.3. The standard InChI is InChI=1S/C60H42N2Si/c1-6-22-43(23-7-1)49-32-16-18-35-53(49)61-54-36-19-17-33-51(54)60-56(61)38-21-39-57(60)62-55-37-20-34-50(44-24-8-2-9-25-44)59(55)52-41-40-48(42-58(52)62)63(45-26-10-3-11-27-45,46-28-12-4-13-29-46)47-30-14-5-15-31-47/h1-42H. The Morgan fingerprint density at radius 3 is 1.32 bits per heavy atom. The fraction of sp³-hybridized carbons (Fsp3) is 0. The quantitative estimate of drug-likeness (QED) is 0.107. The molecule has 2 aromatic heterocycles. The van der Waals surface area contributed by atoms with Gasteiger partial charge in [0.2, 0.25) is 0 Å². The molecule has 0 amide bonds.